The van der Waals surface area contributed by atoms with Gasteiger partial charge in [0.05, 0.1) is 4.92 Å². The summed E-state index contributed by atoms with van der Waals surface area (Å²) in [7, 11) is 0. The van der Waals surface area contributed by atoms with Crippen molar-refractivity contribution in [1.82, 2.24) is 5.32 Å². The lowest BCUT2D eigenvalue weighted by molar-refractivity contribution is -0.384. The molecule has 1 aromatic rings. The summed E-state index contributed by atoms with van der Waals surface area (Å²) in [5.41, 5.74) is 1.23. The van der Waals surface area contributed by atoms with Crippen LogP contribution in [0, 0.1) is 10.1 Å². The molecule has 4 nitrogen and oxygen atoms in total. The van der Waals surface area contributed by atoms with Gasteiger partial charge in [-0.3, -0.25) is 10.1 Å². The number of hydrogen-bond acceptors (Lipinski definition) is 3. The first-order valence-electron chi connectivity index (χ1n) is 5.64. The van der Waals surface area contributed by atoms with E-state index in [-0.39, 0.29) is 10.6 Å². The third kappa shape index (κ3) is 3.62. The second-order valence-electron chi connectivity index (χ2n) is 3.82. The summed E-state index contributed by atoms with van der Waals surface area (Å²) in [5, 5.41) is 13.9. The van der Waals surface area contributed by atoms with Crippen LogP contribution in [0.3, 0.4) is 0 Å². The highest BCUT2D eigenvalue weighted by molar-refractivity contribution is 5.32. The van der Waals surface area contributed by atoms with Gasteiger partial charge in [0.1, 0.15) is 0 Å². The van der Waals surface area contributed by atoms with E-state index in [0.29, 0.717) is 6.04 Å². The van der Waals surface area contributed by atoms with Gasteiger partial charge in [-0.25, -0.2) is 0 Å². The Bertz CT molecular complexity index is 331. The minimum Gasteiger partial charge on any atom is -0.310 e. The smallest absolute Gasteiger partial charge is 0.269 e. The van der Waals surface area contributed by atoms with E-state index in [9.17, 15) is 10.1 Å². The van der Waals surface area contributed by atoms with E-state index in [1.165, 1.54) is 0 Å². The van der Waals surface area contributed by atoms with Gasteiger partial charge in [0.15, 0.2) is 0 Å². The zero-order chi connectivity index (χ0) is 12.0. The molecule has 0 amide bonds. The van der Waals surface area contributed by atoms with Crippen LogP contribution in [0.25, 0.3) is 0 Å². The first-order valence-corrected chi connectivity index (χ1v) is 5.64. The second-order valence-corrected chi connectivity index (χ2v) is 3.82. The molecule has 4 heteroatoms. The third-order valence-electron chi connectivity index (χ3n) is 2.73. The van der Waals surface area contributed by atoms with Crippen LogP contribution in [0.2, 0.25) is 0 Å². The maximum Gasteiger partial charge on any atom is 0.269 e. The number of benzene rings is 1. The van der Waals surface area contributed by atoms with Crippen molar-refractivity contribution in [1.29, 1.82) is 0 Å². The Labute approximate surface area is 95.8 Å². The molecule has 0 fully saturated rings. The van der Waals surface area contributed by atoms with Gasteiger partial charge in [0.2, 0.25) is 0 Å². The van der Waals surface area contributed by atoms with E-state index in [2.05, 4.69) is 19.2 Å². The van der Waals surface area contributed by atoms with Crippen molar-refractivity contribution in [2.24, 2.45) is 0 Å². The maximum atomic E-state index is 10.5. The number of non-ortho nitro benzene ring substituents is 1. The molecule has 0 aromatic heterocycles. The summed E-state index contributed by atoms with van der Waals surface area (Å²) in [6.45, 7) is 5.07. The lowest BCUT2D eigenvalue weighted by Crippen LogP contribution is -2.26. The van der Waals surface area contributed by atoms with Gasteiger partial charge in [-0.2, -0.15) is 0 Å². The largest absolute Gasteiger partial charge is 0.310 e. The summed E-state index contributed by atoms with van der Waals surface area (Å²) in [4.78, 5) is 10.1. The van der Waals surface area contributed by atoms with Crippen LogP contribution in [0.15, 0.2) is 24.3 Å². The van der Waals surface area contributed by atoms with Crippen molar-refractivity contribution in [3.8, 4) is 0 Å². The Morgan fingerprint density at radius 1 is 1.25 bits per heavy atom. The standard InChI is InChI=1S/C12H18N2O2/c1-3-11(4-2)13-9-10-5-7-12(8-6-10)14(15)16/h5-8,11,13H,3-4,9H2,1-2H3. The number of nitro groups is 1. The molecule has 0 atom stereocenters. The second kappa shape index (κ2) is 6.23. The van der Waals surface area contributed by atoms with Crippen molar-refractivity contribution in [2.45, 2.75) is 39.3 Å². The third-order valence-corrected chi connectivity index (χ3v) is 2.73. The highest BCUT2D eigenvalue weighted by Gasteiger charge is 2.05. The Morgan fingerprint density at radius 3 is 2.25 bits per heavy atom. The van der Waals surface area contributed by atoms with Crippen LogP contribution in [0.5, 0.6) is 0 Å². The van der Waals surface area contributed by atoms with E-state index >= 15 is 0 Å². The van der Waals surface area contributed by atoms with Gasteiger partial charge in [-0.15, -0.1) is 0 Å². The van der Waals surface area contributed by atoms with Crippen LogP contribution in [-0.2, 0) is 6.54 Å². The van der Waals surface area contributed by atoms with Crippen molar-refractivity contribution >= 4 is 5.69 Å². The zero-order valence-electron chi connectivity index (χ0n) is 9.77. The highest BCUT2D eigenvalue weighted by Crippen LogP contribution is 2.12. The molecule has 0 spiro atoms. The Kier molecular flexibility index (Phi) is 4.92. The number of hydrogen-bond donors (Lipinski definition) is 1. The molecule has 0 saturated heterocycles. The average molecular weight is 222 g/mol. The minimum absolute atomic E-state index is 0.145. The Morgan fingerprint density at radius 2 is 1.81 bits per heavy atom. The van der Waals surface area contributed by atoms with Crippen LogP contribution in [-0.4, -0.2) is 11.0 Å². The number of nitrogens with zero attached hydrogens (tertiary/aromatic N) is 1. The number of rotatable bonds is 6. The molecule has 0 saturated carbocycles. The number of nitro benzene ring substituents is 1. The van der Waals surface area contributed by atoms with Crippen LogP contribution in [0.1, 0.15) is 32.3 Å². The fourth-order valence-electron chi connectivity index (χ4n) is 1.58. The molecule has 16 heavy (non-hydrogen) atoms. The summed E-state index contributed by atoms with van der Waals surface area (Å²) < 4.78 is 0. The highest BCUT2D eigenvalue weighted by atomic mass is 16.6. The van der Waals surface area contributed by atoms with Crippen LogP contribution >= 0.6 is 0 Å². The summed E-state index contributed by atoms with van der Waals surface area (Å²) in [6.07, 6.45) is 2.20. The molecule has 0 aliphatic carbocycles. The van der Waals surface area contributed by atoms with Gasteiger partial charge in [-0.1, -0.05) is 26.0 Å². The average Bonchev–Trinajstić information content (AvgIpc) is 2.31. The van der Waals surface area contributed by atoms with Gasteiger partial charge in [0.25, 0.3) is 5.69 Å². The first-order chi connectivity index (χ1) is 7.67. The molecule has 0 unspecified atom stereocenters. The molecular formula is C12H18N2O2. The SMILES string of the molecule is CCC(CC)NCc1ccc([N+](=O)[O-])cc1. The van der Waals surface area contributed by atoms with E-state index < -0.39 is 0 Å². The Balaban J connectivity index is 2.52. The lowest BCUT2D eigenvalue weighted by Gasteiger charge is -2.14. The van der Waals surface area contributed by atoms with Gasteiger partial charge >= 0.3 is 0 Å². The summed E-state index contributed by atoms with van der Waals surface area (Å²) in [5.74, 6) is 0. The first kappa shape index (κ1) is 12.6. The summed E-state index contributed by atoms with van der Waals surface area (Å²) in [6, 6.07) is 7.21. The predicted octanol–water partition coefficient (Wildman–Crippen LogP) is 2.87. The molecule has 88 valence electrons. The fraction of sp³-hybridized carbons (Fsp3) is 0.500. The van der Waals surface area contributed by atoms with Crippen molar-refractivity contribution in [3.05, 3.63) is 39.9 Å². The molecule has 1 N–H and O–H groups in total. The molecule has 0 aliphatic rings. The van der Waals surface area contributed by atoms with E-state index in [0.717, 1.165) is 24.9 Å². The molecule has 1 rings (SSSR count). The topological polar surface area (TPSA) is 55.2 Å². The molecular weight excluding hydrogens is 204 g/mol. The van der Waals surface area contributed by atoms with Crippen LogP contribution < -0.4 is 5.32 Å². The van der Waals surface area contributed by atoms with Crippen molar-refractivity contribution < 1.29 is 4.92 Å². The Hall–Kier alpha value is -1.42. The molecule has 0 radical (unpaired) electrons. The van der Waals surface area contributed by atoms with Crippen molar-refractivity contribution in [3.63, 3.8) is 0 Å². The van der Waals surface area contributed by atoms with Gasteiger partial charge in [-0.05, 0) is 18.4 Å². The predicted molar refractivity (Wildman–Crippen MR) is 64.3 cm³/mol. The maximum absolute atomic E-state index is 10.5. The quantitative estimate of drug-likeness (QED) is 0.594. The normalized spacial score (nSPS) is 10.7. The summed E-state index contributed by atoms with van der Waals surface area (Å²) >= 11 is 0. The lowest BCUT2D eigenvalue weighted by atomic mass is 10.1. The fourth-order valence-corrected chi connectivity index (χ4v) is 1.58. The monoisotopic (exact) mass is 222 g/mol. The molecule has 0 heterocycles. The van der Waals surface area contributed by atoms with Gasteiger partial charge < -0.3 is 5.32 Å². The molecule has 1 aromatic carbocycles. The minimum atomic E-state index is -0.377. The van der Waals surface area contributed by atoms with E-state index in [1.54, 1.807) is 24.3 Å². The van der Waals surface area contributed by atoms with Crippen molar-refractivity contribution in [2.75, 3.05) is 0 Å². The van der Waals surface area contributed by atoms with Crippen LogP contribution in [0.4, 0.5) is 5.69 Å². The number of nitrogens with one attached hydrogen (secondary N) is 1. The molecule has 0 aliphatic heterocycles. The molecule has 0 bridgehead atoms. The van der Waals surface area contributed by atoms with E-state index in [1.807, 2.05) is 0 Å². The van der Waals surface area contributed by atoms with E-state index in [4.69, 9.17) is 0 Å². The van der Waals surface area contributed by atoms with Gasteiger partial charge in [0, 0.05) is 24.7 Å². The zero-order valence-corrected chi connectivity index (χ0v) is 9.77.